The minimum atomic E-state index is -0.596. The van der Waals surface area contributed by atoms with Gasteiger partial charge in [0.05, 0.1) is 20.8 Å². The van der Waals surface area contributed by atoms with Gasteiger partial charge in [-0.25, -0.2) is 0 Å². The molecule has 0 amide bonds. The summed E-state index contributed by atoms with van der Waals surface area (Å²) < 4.78 is 21.6. The summed E-state index contributed by atoms with van der Waals surface area (Å²) in [4.78, 5) is 2.04. The van der Waals surface area contributed by atoms with E-state index in [4.69, 9.17) is 18.9 Å². The summed E-state index contributed by atoms with van der Waals surface area (Å²) in [6, 6.07) is 13.2. The summed E-state index contributed by atoms with van der Waals surface area (Å²) in [7, 11) is 5.19. The van der Waals surface area contributed by atoms with E-state index in [0.717, 1.165) is 11.3 Å². The summed E-state index contributed by atoms with van der Waals surface area (Å²) >= 11 is 0. The molecule has 0 spiro atoms. The van der Waals surface area contributed by atoms with Crippen LogP contribution in [0.4, 0.5) is 0 Å². The van der Waals surface area contributed by atoms with Crippen molar-refractivity contribution in [2.45, 2.75) is 19.6 Å². The van der Waals surface area contributed by atoms with Gasteiger partial charge in [-0.2, -0.15) is 0 Å². The normalized spacial score (nSPS) is 11.9. The quantitative estimate of drug-likeness (QED) is 0.652. The molecule has 0 aliphatic carbocycles. The van der Waals surface area contributed by atoms with Crippen molar-refractivity contribution in [2.75, 3.05) is 41.0 Å². The second-order valence-corrected chi connectivity index (χ2v) is 6.26. The van der Waals surface area contributed by atoms with Gasteiger partial charge in [-0.05, 0) is 55.9 Å². The number of hydrogen-bond acceptors (Lipinski definition) is 6. The fourth-order valence-electron chi connectivity index (χ4n) is 2.76. The standard InChI is InChI=1S/C21H29NO5/c1-5-26-18-7-9-19(10-8-18)27-15-17(23)14-22(2)13-16-6-11-20(24-3)21(12-16)25-4/h6-12,17,23H,5,13-15H2,1-4H3. The summed E-state index contributed by atoms with van der Waals surface area (Å²) in [6.07, 6.45) is -0.596. The van der Waals surface area contributed by atoms with E-state index in [-0.39, 0.29) is 6.61 Å². The zero-order chi connectivity index (χ0) is 19.6. The largest absolute Gasteiger partial charge is 0.494 e. The molecule has 2 aromatic rings. The van der Waals surface area contributed by atoms with Gasteiger partial charge in [-0.1, -0.05) is 6.07 Å². The molecule has 148 valence electrons. The van der Waals surface area contributed by atoms with Gasteiger partial charge in [0.2, 0.25) is 0 Å². The summed E-state index contributed by atoms with van der Waals surface area (Å²) in [5.74, 6) is 2.91. The molecule has 2 rings (SSSR count). The third-order valence-corrected chi connectivity index (χ3v) is 4.00. The molecule has 1 unspecified atom stereocenters. The molecule has 0 saturated heterocycles. The van der Waals surface area contributed by atoms with Crippen LogP contribution >= 0.6 is 0 Å². The third kappa shape index (κ3) is 6.66. The van der Waals surface area contributed by atoms with E-state index in [0.29, 0.717) is 36.9 Å². The predicted molar refractivity (Wildman–Crippen MR) is 105 cm³/mol. The zero-order valence-electron chi connectivity index (χ0n) is 16.5. The van der Waals surface area contributed by atoms with Crippen molar-refractivity contribution >= 4 is 0 Å². The molecule has 1 atom stereocenters. The molecule has 27 heavy (non-hydrogen) atoms. The average molecular weight is 375 g/mol. The minimum Gasteiger partial charge on any atom is -0.494 e. The Morgan fingerprint density at radius 1 is 0.926 bits per heavy atom. The van der Waals surface area contributed by atoms with Gasteiger partial charge in [-0.3, -0.25) is 4.90 Å². The van der Waals surface area contributed by atoms with Crippen LogP contribution < -0.4 is 18.9 Å². The highest BCUT2D eigenvalue weighted by Crippen LogP contribution is 2.28. The highest BCUT2D eigenvalue weighted by atomic mass is 16.5. The van der Waals surface area contributed by atoms with Crippen molar-refractivity contribution in [1.29, 1.82) is 0 Å². The number of nitrogens with zero attached hydrogens (tertiary/aromatic N) is 1. The summed E-state index contributed by atoms with van der Waals surface area (Å²) in [6.45, 7) is 3.97. The Morgan fingerprint density at radius 2 is 1.56 bits per heavy atom. The van der Waals surface area contributed by atoms with E-state index < -0.39 is 6.10 Å². The van der Waals surface area contributed by atoms with Gasteiger partial charge < -0.3 is 24.1 Å². The Balaban J connectivity index is 1.80. The van der Waals surface area contributed by atoms with Gasteiger partial charge in [0, 0.05) is 13.1 Å². The van der Waals surface area contributed by atoms with Gasteiger partial charge >= 0.3 is 0 Å². The van der Waals surface area contributed by atoms with Crippen LogP contribution in [-0.2, 0) is 6.54 Å². The van der Waals surface area contributed by atoms with Crippen LogP contribution in [0.2, 0.25) is 0 Å². The Hall–Kier alpha value is -2.44. The Bertz CT molecular complexity index is 689. The van der Waals surface area contributed by atoms with E-state index in [9.17, 15) is 5.11 Å². The van der Waals surface area contributed by atoms with Crippen LogP contribution in [0, 0.1) is 0 Å². The second-order valence-electron chi connectivity index (χ2n) is 6.26. The first-order valence-electron chi connectivity index (χ1n) is 8.98. The summed E-state index contributed by atoms with van der Waals surface area (Å²) in [5.41, 5.74) is 1.08. The van der Waals surface area contributed by atoms with Crippen LogP contribution in [0.25, 0.3) is 0 Å². The fourth-order valence-corrected chi connectivity index (χ4v) is 2.76. The van der Waals surface area contributed by atoms with E-state index in [1.165, 1.54) is 0 Å². The van der Waals surface area contributed by atoms with Gasteiger partial charge in [-0.15, -0.1) is 0 Å². The Morgan fingerprint density at radius 3 is 2.15 bits per heavy atom. The van der Waals surface area contributed by atoms with Crippen molar-refractivity contribution in [3.8, 4) is 23.0 Å². The van der Waals surface area contributed by atoms with Gasteiger partial charge in [0.15, 0.2) is 11.5 Å². The van der Waals surface area contributed by atoms with Crippen molar-refractivity contribution in [2.24, 2.45) is 0 Å². The second kappa shape index (κ2) is 10.6. The smallest absolute Gasteiger partial charge is 0.161 e. The van der Waals surface area contributed by atoms with Crippen LogP contribution in [0.3, 0.4) is 0 Å². The van der Waals surface area contributed by atoms with E-state index in [1.807, 2.05) is 61.3 Å². The maximum atomic E-state index is 10.2. The lowest BCUT2D eigenvalue weighted by molar-refractivity contribution is 0.0743. The topological polar surface area (TPSA) is 60.4 Å². The maximum absolute atomic E-state index is 10.2. The van der Waals surface area contributed by atoms with Crippen LogP contribution in [0.15, 0.2) is 42.5 Å². The van der Waals surface area contributed by atoms with E-state index >= 15 is 0 Å². The van der Waals surface area contributed by atoms with Crippen molar-refractivity contribution in [3.05, 3.63) is 48.0 Å². The zero-order valence-corrected chi connectivity index (χ0v) is 16.5. The number of aliphatic hydroxyl groups is 1. The first-order chi connectivity index (χ1) is 13.0. The molecule has 0 aliphatic rings. The number of aliphatic hydroxyl groups excluding tert-OH is 1. The number of rotatable bonds is 11. The summed E-state index contributed by atoms with van der Waals surface area (Å²) in [5, 5.41) is 10.2. The molecular formula is C21H29NO5. The fraction of sp³-hybridized carbons (Fsp3) is 0.429. The van der Waals surface area contributed by atoms with Crippen LogP contribution in [-0.4, -0.2) is 57.1 Å². The van der Waals surface area contributed by atoms with Crippen molar-refractivity contribution < 1.29 is 24.1 Å². The lowest BCUT2D eigenvalue weighted by Crippen LogP contribution is -2.32. The maximum Gasteiger partial charge on any atom is 0.161 e. The monoisotopic (exact) mass is 375 g/mol. The molecule has 0 fully saturated rings. The average Bonchev–Trinajstić information content (AvgIpc) is 2.67. The van der Waals surface area contributed by atoms with Crippen molar-refractivity contribution in [1.82, 2.24) is 4.90 Å². The molecule has 0 aliphatic heterocycles. The molecule has 1 N–H and O–H groups in total. The molecular weight excluding hydrogens is 346 g/mol. The minimum absolute atomic E-state index is 0.226. The number of likely N-dealkylation sites (N-methyl/N-ethyl adjacent to an activating group) is 1. The van der Waals surface area contributed by atoms with Crippen LogP contribution in [0.5, 0.6) is 23.0 Å². The first kappa shape index (κ1) is 20.9. The molecule has 0 heterocycles. The van der Waals surface area contributed by atoms with Gasteiger partial charge in [0.1, 0.15) is 24.2 Å². The predicted octanol–water partition coefficient (Wildman–Crippen LogP) is 2.97. The number of methoxy groups -OCH3 is 2. The number of benzene rings is 2. The lowest BCUT2D eigenvalue weighted by Gasteiger charge is -2.21. The van der Waals surface area contributed by atoms with E-state index in [1.54, 1.807) is 14.2 Å². The Kier molecular flexibility index (Phi) is 8.23. The lowest BCUT2D eigenvalue weighted by atomic mass is 10.2. The molecule has 0 radical (unpaired) electrons. The number of ether oxygens (including phenoxy) is 4. The Labute approximate surface area is 161 Å². The molecule has 6 nitrogen and oxygen atoms in total. The molecule has 0 saturated carbocycles. The molecule has 6 heteroatoms. The molecule has 0 bridgehead atoms. The van der Waals surface area contributed by atoms with E-state index in [2.05, 4.69) is 0 Å². The number of hydrogen-bond donors (Lipinski definition) is 1. The molecule has 0 aromatic heterocycles. The van der Waals surface area contributed by atoms with Crippen LogP contribution in [0.1, 0.15) is 12.5 Å². The van der Waals surface area contributed by atoms with Gasteiger partial charge in [0.25, 0.3) is 0 Å². The third-order valence-electron chi connectivity index (χ3n) is 4.00. The highest BCUT2D eigenvalue weighted by molar-refractivity contribution is 5.42. The van der Waals surface area contributed by atoms with Crippen molar-refractivity contribution in [3.63, 3.8) is 0 Å². The molecule has 2 aromatic carbocycles. The SMILES string of the molecule is CCOc1ccc(OCC(O)CN(C)Cc2ccc(OC)c(OC)c2)cc1. The first-order valence-corrected chi connectivity index (χ1v) is 8.98. The highest BCUT2D eigenvalue weighted by Gasteiger charge is 2.11.